The van der Waals surface area contributed by atoms with Crippen LogP contribution in [0.4, 0.5) is 0 Å². The Kier molecular flexibility index (Phi) is 32.5. The minimum Gasteiger partial charge on any atom is -0.394 e. The first-order valence-corrected chi connectivity index (χ1v) is 18.1. The Balaban J connectivity index is 3.60. The molecule has 0 saturated heterocycles. The topological polar surface area (TPSA) is 69.6 Å². The van der Waals surface area contributed by atoms with Crippen molar-refractivity contribution in [2.45, 2.75) is 199 Å². The van der Waals surface area contributed by atoms with Crippen LogP contribution in [0.1, 0.15) is 187 Å². The summed E-state index contributed by atoms with van der Waals surface area (Å²) in [6.07, 6.45) is 41.2. The van der Waals surface area contributed by atoms with Crippen molar-refractivity contribution in [3.8, 4) is 0 Å². The van der Waals surface area contributed by atoms with E-state index in [0.717, 1.165) is 32.1 Å². The van der Waals surface area contributed by atoms with Gasteiger partial charge in [0.05, 0.1) is 18.8 Å². The largest absolute Gasteiger partial charge is 0.394 e. The number of rotatable bonds is 32. The van der Waals surface area contributed by atoms with Gasteiger partial charge in [-0.25, -0.2) is 0 Å². The lowest BCUT2D eigenvalue weighted by Crippen LogP contribution is -2.45. The summed E-state index contributed by atoms with van der Waals surface area (Å²) in [5, 5.41) is 22.8. The van der Waals surface area contributed by atoms with Crippen LogP contribution >= 0.6 is 0 Å². The first-order chi connectivity index (χ1) is 20.2. The fourth-order valence-electron chi connectivity index (χ4n) is 5.37. The summed E-state index contributed by atoms with van der Waals surface area (Å²) in [6.45, 7) is 4.27. The van der Waals surface area contributed by atoms with E-state index in [-0.39, 0.29) is 12.5 Å². The Morgan fingerprint density at radius 3 is 1.41 bits per heavy atom. The van der Waals surface area contributed by atoms with Gasteiger partial charge in [0, 0.05) is 6.42 Å². The number of nitrogens with one attached hydrogen (secondary N) is 1. The average Bonchev–Trinajstić information content (AvgIpc) is 2.97. The summed E-state index contributed by atoms with van der Waals surface area (Å²) >= 11 is 0. The number of carbonyl (C=O) groups is 1. The van der Waals surface area contributed by atoms with Gasteiger partial charge in [-0.3, -0.25) is 4.79 Å². The third-order valence-electron chi connectivity index (χ3n) is 8.19. The second kappa shape index (κ2) is 33.4. The quantitative estimate of drug-likeness (QED) is 0.0550. The number of carbonyl (C=O) groups excluding carboxylic acids is 1. The van der Waals surface area contributed by atoms with Gasteiger partial charge in [-0.2, -0.15) is 0 Å². The van der Waals surface area contributed by atoms with Gasteiger partial charge in [0.15, 0.2) is 0 Å². The molecule has 0 aliphatic rings. The zero-order valence-corrected chi connectivity index (χ0v) is 27.6. The molecule has 242 valence electrons. The highest BCUT2D eigenvalue weighted by Gasteiger charge is 2.17. The zero-order chi connectivity index (χ0) is 30.1. The van der Waals surface area contributed by atoms with Crippen LogP contribution in [0, 0.1) is 0 Å². The van der Waals surface area contributed by atoms with Crippen LogP contribution in [0.15, 0.2) is 24.3 Å². The van der Waals surface area contributed by atoms with Gasteiger partial charge >= 0.3 is 0 Å². The van der Waals surface area contributed by atoms with Crippen LogP contribution in [0.25, 0.3) is 0 Å². The molecule has 0 aromatic carbocycles. The minimum atomic E-state index is -0.855. The first kappa shape index (κ1) is 39.9. The fourth-order valence-corrected chi connectivity index (χ4v) is 5.37. The van der Waals surface area contributed by atoms with Crippen molar-refractivity contribution in [1.29, 1.82) is 0 Å². The molecule has 0 spiro atoms. The average molecular weight is 578 g/mol. The Morgan fingerprint density at radius 1 is 0.561 bits per heavy atom. The van der Waals surface area contributed by atoms with E-state index < -0.39 is 12.1 Å². The van der Waals surface area contributed by atoms with Gasteiger partial charge in [-0.05, 0) is 32.1 Å². The summed E-state index contributed by atoms with van der Waals surface area (Å²) < 4.78 is 0. The second-order valence-electron chi connectivity index (χ2n) is 12.3. The van der Waals surface area contributed by atoms with Crippen molar-refractivity contribution in [3.05, 3.63) is 24.3 Å². The summed E-state index contributed by atoms with van der Waals surface area (Å²) in [5.74, 6) is -0.0742. The number of aliphatic hydroxyl groups is 2. The van der Waals surface area contributed by atoms with Crippen LogP contribution in [-0.2, 0) is 4.79 Å². The molecule has 41 heavy (non-hydrogen) atoms. The highest BCUT2D eigenvalue weighted by atomic mass is 16.3. The van der Waals surface area contributed by atoms with Crippen LogP contribution < -0.4 is 5.32 Å². The summed E-state index contributed by atoms with van der Waals surface area (Å²) in [4.78, 5) is 12.3. The van der Waals surface area contributed by atoms with E-state index in [4.69, 9.17) is 0 Å². The molecule has 0 aliphatic heterocycles. The van der Waals surface area contributed by atoms with Gasteiger partial charge in [-0.15, -0.1) is 0 Å². The van der Waals surface area contributed by atoms with Crippen LogP contribution in [0.5, 0.6) is 0 Å². The Morgan fingerprint density at radius 2 is 0.951 bits per heavy atom. The van der Waals surface area contributed by atoms with Crippen molar-refractivity contribution in [3.63, 3.8) is 0 Å². The molecule has 0 heterocycles. The second-order valence-corrected chi connectivity index (χ2v) is 12.3. The number of aliphatic hydroxyl groups excluding tert-OH is 2. The molecule has 4 heteroatoms. The Hall–Kier alpha value is -1.13. The molecule has 1 amide bonds. The van der Waals surface area contributed by atoms with Crippen molar-refractivity contribution < 1.29 is 15.0 Å². The molecule has 0 bridgehead atoms. The predicted octanol–water partition coefficient (Wildman–Crippen LogP) is 10.5. The third-order valence-corrected chi connectivity index (χ3v) is 8.19. The molecule has 0 radical (unpaired) electrons. The lowest BCUT2D eigenvalue weighted by Gasteiger charge is -2.19. The van der Waals surface area contributed by atoms with E-state index in [0.29, 0.717) is 6.42 Å². The Labute approximate surface area is 256 Å². The van der Waals surface area contributed by atoms with Crippen molar-refractivity contribution >= 4 is 5.91 Å². The molecular weight excluding hydrogens is 506 g/mol. The molecule has 0 aromatic heterocycles. The van der Waals surface area contributed by atoms with E-state index in [2.05, 4.69) is 31.3 Å². The number of hydrogen-bond acceptors (Lipinski definition) is 3. The number of hydrogen-bond donors (Lipinski definition) is 3. The molecule has 0 fully saturated rings. The molecule has 3 N–H and O–H groups in total. The van der Waals surface area contributed by atoms with Crippen molar-refractivity contribution in [2.24, 2.45) is 0 Å². The third kappa shape index (κ3) is 30.1. The standard InChI is InChI=1S/C37H71NO3/c1-3-5-7-9-11-13-15-16-17-18-19-20-21-23-25-27-29-31-33-37(41)38-35(34-39)36(40)32-30-28-26-24-22-14-12-10-8-6-4-2/h22,24,30,32,35-36,39-40H,3-21,23,25-29,31,33-34H2,1-2H3,(H,38,41)/b24-22+,32-30+/t35-,36+/m0/s1. The fraction of sp³-hybridized carbons (Fsp3) is 0.865. The Bertz CT molecular complexity index is 589. The maximum Gasteiger partial charge on any atom is 0.220 e. The van der Waals surface area contributed by atoms with Crippen LogP contribution in [0.2, 0.25) is 0 Å². The highest BCUT2D eigenvalue weighted by Crippen LogP contribution is 2.15. The van der Waals surface area contributed by atoms with Gasteiger partial charge in [-0.1, -0.05) is 173 Å². The van der Waals surface area contributed by atoms with E-state index in [1.54, 1.807) is 6.08 Å². The smallest absolute Gasteiger partial charge is 0.220 e. The molecule has 0 saturated carbocycles. The van der Waals surface area contributed by atoms with E-state index in [1.807, 2.05) is 6.08 Å². The SMILES string of the molecule is CCCCCCC/C=C/CC/C=C/[C@@H](O)[C@H](CO)NC(=O)CCCCCCCCCCCCCCCCCCCC. The lowest BCUT2D eigenvalue weighted by atomic mass is 10.0. The van der Waals surface area contributed by atoms with Crippen LogP contribution in [0.3, 0.4) is 0 Å². The van der Waals surface area contributed by atoms with Gasteiger partial charge in [0.1, 0.15) is 0 Å². The van der Waals surface area contributed by atoms with Crippen molar-refractivity contribution in [1.82, 2.24) is 5.32 Å². The van der Waals surface area contributed by atoms with E-state index in [1.165, 1.54) is 135 Å². The molecule has 0 unspecified atom stereocenters. The normalized spacial score (nSPS) is 13.4. The number of unbranched alkanes of at least 4 members (excludes halogenated alkanes) is 23. The monoisotopic (exact) mass is 578 g/mol. The molecule has 2 atom stereocenters. The molecular formula is C37H71NO3. The maximum atomic E-state index is 12.3. The molecule has 0 aromatic rings. The van der Waals surface area contributed by atoms with Gasteiger partial charge < -0.3 is 15.5 Å². The molecule has 4 nitrogen and oxygen atoms in total. The van der Waals surface area contributed by atoms with Gasteiger partial charge in [0.25, 0.3) is 0 Å². The van der Waals surface area contributed by atoms with Gasteiger partial charge in [0.2, 0.25) is 5.91 Å². The summed E-state index contributed by atoms with van der Waals surface area (Å²) in [7, 11) is 0. The maximum absolute atomic E-state index is 12.3. The zero-order valence-electron chi connectivity index (χ0n) is 27.6. The molecule has 0 rings (SSSR count). The number of amides is 1. The highest BCUT2D eigenvalue weighted by molar-refractivity contribution is 5.76. The lowest BCUT2D eigenvalue weighted by molar-refractivity contribution is -0.123. The molecule has 0 aliphatic carbocycles. The van der Waals surface area contributed by atoms with E-state index in [9.17, 15) is 15.0 Å². The predicted molar refractivity (Wildman–Crippen MR) is 179 cm³/mol. The van der Waals surface area contributed by atoms with E-state index >= 15 is 0 Å². The summed E-state index contributed by atoms with van der Waals surface area (Å²) in [6, 6.07) is -0.632. The summed E-state index contributed by atoms with van der Waals surface area (Å²) in [5.41, 5.74) is 0. The minimum absolute atomic E-state index is 0.0742. The van der Waals surface area contributed by atoms with Crippen LogP contribution in [-0.4, -0.2) is 34.9 Å². The van der Waals surface area contributed by atoms with Crippen molar-refractivity contribution in [2.75, 3.05) is 6.61 Å². The first-order valence-electron chi connectivity index (χ1n) is 18.1. The number of allylic oxidation sites excluding steroid dienone is 3.